The first kappa shape index (κ1) is 6.60. The zero-order valence-corrected chi connectivity index (χ0v) is 7.00. The minimum absolute atomic E-state index is 0.110. The fourth-order valence-electron chi connectivity index (χ4n) is 0.887. The Labute approximate surface area is 70.0 Å². The zero-order valence-electron chi connectivity index (χ0n) is 5.41. The minimum atomic E-state index is -0.110. The lowest BCUT2D eigenvalue weighted by atomic mass is 10.6. The van der Waals surface area contributed by atoms with Crippen LogP contribution in [0.1, 0.15) is 0 Å². The Balaban J connectivity index is 3.06. The van der Waals surface area contributed by atoms with Crippen molar-refractivity contribution in [2.24, 2.45) is 0 Å². The van der Waals surface area contributed by atoms with Crippen molar-refractivity contribution in [1.29, 1.82) is 0 Å². The van der Waals surface area contributed by atoms with Gasteiger partial charge < -0.3 is 0 Å². The number of hydrogen-bond acceptors (Lipinski definition) is 2. The summed E-state index contributed by atoms with van der Waals surface area (Å²) in [5.74, 6) is 0. The van der Waals surface area contributed by atoms with Gasteiger partial charge >= 0.3 is 0 Å². The van der Waals surface area contributed by atoms with E-state index in [9.17, 15) is 4.79 Å². The number of aromatic nitrogens is 3. The van der Waals surface area contributed by atoms with Gasteiger partial charge in [-0.2, -0.15) is 0 Å². The second kappa shape index (κ2) is 2.20. The van der Waals surface area contributed by atoms with E-state index in [0.717, 1.165) is 4.47 Å². The van der Waals surface area contributed by atoms with E-state index in [1.165, 1.54) is 16.8 Å². The van der Waals surface area contributed by atoms with E-state index in [4.69, 9.17) is 0 Å². The summed E-state index contributed by atoms with van der Waals surface area (Å²) in [4.78, 5) is 15.0. The lowest BCUT2D eigenvalue weighted by molar-refractivity contribution is 0.899. The molecule has 0 amide bonds. The van der Waals surface area contributed by atoms with Gasteiger partial charge in [0.05, 0.1) is 4.47 Å². The molecule has 0 aliphatic carbocycles. The summed E-state index contributed by atoms with van der Waals surface area (Å²) in [5, 5.41) is 2.75. The van der Waals surface area contributed by atoms with E-state index in [-0.39, 0.29) is 5.56 Å². The van der Waals surface area contributed by atoms with Crippen LogP contribution in [0.3, 0.4) is 0 Å². The van der Waals surface area contributed by atoms with Crippen LogP contribution in [0, 0.1) is 0 Å². The molecule has 0 unspecified atom stereocenters. The molecule has 56 valence electrons. The van der Waals surface area contributed by atoms with Crippen LogP contribution in [-0.2, 0) is 0 Å². The van der Waals surface area contributed by atoms with Gasteiger partial charge in [0.25, 0.3) is 5.56 Å². The molecule has 0 saturated heterocycles. The second-order valence-electron chi connectivity index (χ2n) is 2.06. The maximum atomic E-state index is 11.1. The van der Waals surface area contributed by atoms with Gasteiger partial charge in [0.1, 0.15) is 0 Å². The Morgan fingerprint density at radius 1 is 1.64 bits per heavy atom. The molecule has 0 aromatic carbocycles. The van der Waals surface area contributed by atoms with E-state index >= 15 is 0 Å². The molecule has 0 saturated carbocycles. The van der Waals surface area contributed by atoms with Crippen LogP contribution in [0.5, 0.6) is 0 Å². The molecule has 2 aromatic rings. The Kier molecular flexibility index (Phi) is 1.32. The van der Waals surface area contributed by atoms with Gasteiger partial charge in [-0.1, -0.05) is 0 Å². The van der Waals surface area contributed by atoms with Crippen LogP contribution in [0.2, 0.25) is 0 Å². The third kappa shape index (κ3) is 0.883. The first-order valence-electron chi connectivity index (χ1n) is 3.00. The SMILES string of the molecule is O=c1ccnc2c(Br)c[nH]n12. The van der Waals surface area contributed by atoms with E-state index in [1.807, 2.05) is 0 Å². The Morgan fingerprint density at radius 2 is 2.45 bits per heavy atom. The molecule has 0 aliphatic heterocycles. The van der Waals surface area contributed by atoms with Crippen molar-refractivity contribution in [2.75, 3.05) is 0 Å². The van der Waals surface area contributed by atoms with Gasteiger partial charge in [0.15, 0.2) is 5.65 Å². The molecule has 0 aliphatic rings. The first-order valence-corrected chi connectivity index (χ1v) is 3.79. The molecule has 0 atom stereocenters. The highest BCUT2D eigenvalue weighted by molar-refractivity contribution is 9.10. The third-order valence-corrected chi connectivity index (χ3v) is 1.96. The molecule has 0 fully saturated rings. The van der Waals surface area contributed by atoms with Crippen LogP contribution >= 0.6 is 15.9 Å². The number of aromatic amines is 1. The van der Waals surface area contributed by atoms with Gasteiger partial charge in [0, 0.05) is 18.5 Å². The summed E-state index contributed by atoms with van der Waals surface area (Å²) in [6.07, 6.45) is 3.15. The van der Waals surface area contributed by atoms with Crippen LogP contribution < -0.4 is 5.56 Å². The molecule has 5 heteroatoms. The highest BCUT2D eigenvalue weighted by atomic mass is 79.9. The standard InChI is InChI=1S/C6H4BrN3O/c7-4-3-9-10-5(11)1-2-8-6(4)10/h1-3,9H. The monoisotopic (exact) mass is 213 g/mol. The number of nitrogens with one attached hydrogen (secondary N) is 1. The van der Waals surface area contributed by atoms with E-state index in [2.05, 4.69) is 26.0 Å². The van der Waals surface area contributed by atoms with E-state index in [0.29, 0.717) is 5.65 Å². The molecule has 2 aromatic heterocycles. The van der Waals surface area contributed by atoms with E-state index < -0.39 is 0 Å². The molecule has 4 nitrogen and oxygen atoms in total. The highest BCUT2D eigenvalue weighted by Gasteiger charge is 2.00. The topological polar surface area (TPSA) is 50.2 Å². The third-order valence-electron chi connectivity index (χ3n) is 1.38. The number of fused-ring (bicyclic) bond motifs is 1. The predicted octanol–water partition coefficient (Wildman–Crippen LogP) is 0.785. The molecular weight excluding hydrogens is 210 g/mol. The van der Waals surface area contributed by atoms with E-state index in [1.54, 1.807) is 6.20 Å². The summed E-state index contributed by atoms with van der Waals surface area (Å²) in [5.41, 5.74) is 0.498. The quantitative estimate of drug-likeness (QED) is 0.704. The Bertz CT molecular complexity index is 444. The average Bonchev–Trinajstić information content (AvgIpc) is 2.35. The van der Waals surface area contributed by atoms with Gasteiger partial charge in [-0.25, -0.2) is 9.50 Å². The van der Waals surface area contributed by atoms with Gasteiger partial charge in [-0.15, -0.1) is 0 Å². The number of nitrogens with zero attached hydrogens (tertiary/aromatic N) is 2. The molecule has 1 N–H and O–H groups in total. The highest BCUT2D eigenvalue weighted by Crippen LogP contribution is 2.11. The first-order chi connectivity index (χ1) is 5.29. The summed E-state index contributed by atoms with van der Waals surface area (Å²) in [7, 11) is 0. The summed E-state index contributed by atoms with van der Waals surface area (Å²) < 4.78 is 2.15. The number of H-pyrrole nitrogens is 1. The molecular formula is C6H4BrN3O. The molecule has 2 rings (SSSR count). The summed E-state index contributed by atoms with van der Waals surface area (Å²) in [6.45, 7) is 0. The maximum absolute atomic E-state index is 11.1. The van der Waals surface area contributed by atoms with Crippen LogP contribution in [0.15, 0.2) is 27.7 Å². The Morgan fingerprint density at radius 3 is 3.18 bits per heavy atom. The van der Waals surface area contributed by atoms with Crippen molar-refractivity contribution in [3.8, 4) is 0 Å². The zero-order chi connectivity index (χ0) is 7.84. The summed E-state index contributed by atoms with van der Waals surface area (Å²) in [6, 6.07) is 1.40. The minimum Gasteiger partial charge on any atom is -0.296 e. The second-order valence-corrected chi connectivity index (χ2v) is 2.92. The van der Waals surface area contributed by atoms with Crippen molar-refractivity contribution < 1.29 is 0 Å². The molecule has 2 heterocycles. The van der Waals surface area contributed by atoms with Crippen molar-refractivity contribution in [3.63, 3.8) is 0 Å². The van der Waals surface area contributed by atoms with Crippen LogP contribution in [-0.4, -0.2) is 14.6 Å². The molecule has 0 bridgehead atoms. The largest absolute Gasteiger partial charge is 0.296 e. The van der Waals surface area contributed by atoms with Crippen LogP contribution in [0.25, 0.3) is 5.65 Å². The van der Waals surface area contributed by atoms with Crippen molar-refractivity contribution in [1.82, 2.24) is 14.6 Å². The fraction of sp³-hybridized carbons (Fsp3) is 0. The van der Waals surface area contributed by atoms with Gasteiger partial charge in [-0.05, 0) is 15.9 Å². The maximum Gasteiger partial charge on any atom is 0.272 e. The van der Waals surface area contributed by atoms with Crippen molar-refractivity contribution in [3.05, 3.63) is 33.3 Å². The number of hydrogen-bond donors (Lipinski definition) is 1. The van der Waals surface area contributed by atoms with Crippen LogP contribution in [0.4, 0.5) is 0 Å². The van der Waals surface area contributed by atoms with Crippen molar-refractivity contribution >= 4 is 21.6 Å². The van der Waals surface area contributed by atoms with Crippen molar-refractivity contribution in [2.45, 2.75) is 0 Å². The fourth-order valence-corrected chi connectivity index (χ4v) is 1.27. The van der Waals surface area contributed by atoms with Gasteiger partial charge in [-0.3, -0.25) is 9.89 Å². The average molecular weight is 214 g/mol. The number of rotatable bonds is 0. The normalized spacial score (nSPS) is 10.6. The lowest BCUT2D eigenvalue weighted by Crippen LogP contribution is -2.12. The predicted molar refractivity (Wildman–Crippen MR) is 43.5 cm³/mol. The molecule has 0 spiro atoms. The molecule has 0 radical (unpaired) electrons. The lowest BCUT2D eigenvalue weighted by Gasteiger charge is -1.88. The molecule has 11 heavy (non-hydrogen) atoms. The Hall–Kier alpha value is -1.10. The smallest absolute Gasteiger partial charge is 0.272 e. The number of halogens is 1. The van der Waals surface area contributed by atoms with Gasteiger partial charge in [0.2, 0.25) is 0 Å². The summed E-state index contributed by atoms with van der Waals surface area (Å²) >= 11 is 3.25.